The summed E-state index contributed by atoms with van der Waals surface area (Å²) in [5.74, 6) is -0.0693. The lowest BCUT2D eigenvalue weighted by atomic mass is 9.98. The number of aliphatic hydroxyl groups excluding tert-OH is 1. The van der Waals surface area contributed by atoms with E-state index < -0.39 is 33.6 Å². The van der Waals surface area contributed by atoms with Crippen LogP contribution in [0.2, 0.25) is 5.02 Å². The highest BCUT2D eigenvalue weighted by atomic mass is 35.5. The zero-order chi connectivity index (χ0) is 33.3. The third-order valence-corrected chi connectivity index (χ3v) is 9.54. The molecule has 46 heavy (non-hydrogen) atoms. The number of benzene rings is 3. The van der Waals surface area contributed by atoms with E-state index in [4.69, 9.17) is 25.8 Å². The molecule has 1 fully saturated rings. The van der Waals surface area contributed by atoms with Gasteiger partial charge in [0.15, 0.2) is 6.61 Å². The number of esters is 1. The summed E-state index contributed by atoms with van der Waals surface area (Å²) in [4.78, 5) is 26.7. The fourth-order valence-electron chi connectivity index (χ4n) is 5.11. The average molecular weight is 672 g/mol. The van der Waals surface area contributed by atoms with Gasteiger partial charge in [0, 0.05) is 11.6 Å². The minimum absolute atomic E-state index is 0.0108. The number of aliphatic hydroxyl groups is 1. The second kappa shape index (κ2) is 15.8. The molecule has 0 bridgehead atoms. The number of amides is 1. The van der Waals surface area contributed by atoms with Crippen LogP contribution in [-0.2, 0) is 30.5 Å². The van der Waals surface area contributed by atoms with Gasteiger partial charge in [-0.15, -0.1) is 0 Å². The molecule has 1 N–H and O–H groups in total. The second-order valence-electron chi connectivity index (χ2n) is 12.4. The molecule has 1 aliphatic rings. The molecular formula is C35H42ClNO8S. The van der Waals surface area contributed by atoms with Gasteiger partial charge in [0.2, 0.25) is 9.84 Å². The van der Waals surface area contributed by atoms with E-state index in [9.17, 15) is 23.1 Å². The largest absolute Gasteiger partial charge is 0.482 e. The Hall–Kier alpha value is -3.60. The Balaban J connectivity index is 1.35. The predicted molar refractivity (Wildman–Crippen MR) is 175 cm³/mol. The van der Waals surface area contributed by atoms with Crippen molar-refractivity contribution in [3.05, 3.63) is 88.9 Å². The van der Waals surface area contributed by atoms with Crippen LogP contribution in [0.3, 0.4) is 0 Å². The molecule has 0 radical (unpaired) electrons. The number of halogens is 1. The third-order valence-electron chi connectivity index (χ3n) is 7.52. The number of ether oxygens (including phenoxy) is 3. The Morgan fingerprint density at radius 3 is 2.20 bits per heavy atom. The summed E-state index contributed by atoms with van der Waals surface area (Å²) in [6, 6.07) is 19.2. The summed E-state index contributed by atoms with van der Waals surface area (Å²) in [7, 11) is -3.81. The summed E-state index contributed by atoms with van der Waals surface area (Å²) in [5.41, 5.74) is 0.651. The highest BCUT2D eigenvalue weighted by molar-refractivity contribution is 7.91. The first-order valence-corrected chi connectivity index (χ1v) is 17.3. The lowest BCUT2D eigenvalue weighted by Gasteiger charge is -2.29. The summed E-state index contributed by atoms with van der Waals surface area (Å²) in [6.07, 6.45) is 3.82. The van der Waals surface area contributed by atoms with Crippen LogP contribution >= 0.6 is 11.6 Å². The van der Waals surface area contributed by atoms with Crippen molar-refractivity contribution in [3.8, 4) is 5.75 Å². The third kappa shape index (κ3) is 10.5. The van der Waals surface area contributed by atoms with E-state index in [1.54, 1.807) is 57.2 Å². The van der Waals surface area contributed by atoms with Gasteiger partial charge in [-0.05, 0) is 113 Å². The van der Waals surface area contributed by atoms with Crippen LogP contribution < -0.4 is 4.74 Å². The Labute approximate surface area is 276 Å². The van der Waals surface area contributed by atoms with Crippen LogP contribution in [0.5, 0.6) is 5.75 Å². The highest BCUT2D eigenvalue weighted by Crippen LogP contribution is 2.25. The number of carbonyl (C=O) groups is 2. The van der Waals surface area contributed by atoms with Gasteiger partial charge in [-0.1, -0.05) is 42.3 Å². The molecule has 3 aromatic rings. The second-order valence-corrected chi connectivity index (χ2v) is 14.8. The first-order valence-electron chi connectivity index (χ1n) is 15.5. The summed E-state index contributed by atoms with van der Waals surface area (Å²) in [6.45, 7) is 5.28. The maximum Gasteiger partial charge on any atom is 0.410 e. The standard InChI is InChI=1S/C35H42ClNO8S/c1-35(2,3)45-34(40)37(23-32(38)26-8-7-9-27(36)22-26)21-20-25-12-16-30(17-13-25)46(41,42)31-18-14-28(15-19-31)43-24-33(39)44-29-10-5-4-6-11-29/h7-9,12-19,22,29,32,38H,4-6,10-11,20-21,23-24H2,1-3H3. The normalized spacial score (nSPS) is 14.7. The van der Waals surface area contributed by atoms with Gasteiger partial charge in [-0.3, -0.25) is 0 Å². The van der Waals surface area contributed by atoms with Crippen LogP contribution in [0, 0.1) is 0 Å². The molecule has 0 spiro atoms. The maximum atomic E-state index is 13.3. The molecule has 1 amide bonds. The van der Waals surface area contributed by atoms with Crippen LogP contribution in [0.15, 0.2) is 82.6 Å². The quantitative estimate of drug-likeness (QED) is 0.206. The SMILES string of the molecule is CC(C)(C)OC(=O)N(CCc1ccc(S(=O)(=O)c2ccc(OCC(=O)OC3CCCCC3)cc2)cc1)CC(O)c1cccc(Cl)c1. The predicted octanol–water partition coefficient (Wildman–Crippen LogP) is 6.94. The monoisotopic (exact) mass is 671 g/mol. The zero-order valence-corrected chi connectivity index (χ0v) is 28.1. The minimum Gasteiger partial charge on any atom is -0.482 e. The minimum atomic E-state index is -3.81. The van der Waals surface area contributed by atoms with Gasteiger partial charge in [0.1, 0.15) is 17.5 Å². The van der Waals surface area contributed by atoms with Crippen molar-refractivity contribution in [2.45, 2.75) is 86.9 Å². The molecule has 0 saturated heterocycles. The molecule has 248 valence electrons. The molecule has 1 saturated carbocycles. The van der Waals surface area contributed by atoms with E-state index in [0.717, 1.165) is 37.7 Å². The Bertz CT molecular complexity index is 1560. The number of sulfone groups is 1. The van der Waals surface area contributed by atoms with Crippen molar-refractivity contribution in [2.75, 3.05) is 19.7 Å². The Kier molecular flexibility index (Phi) is 12.1. The van der Waals surface area contributed by atoms with Gasteiger partial charge in [0.05, 0.1) is 22.4 Å². The van der Waals surface area contributed by atoms with E-state index in [1.807, 2.05) is 0 Å². The molecule has 0 aliphatic heterocycles. The first kappa shape index (κ1) is 35.3. The van der Waals surface area contributed by atoms with E-state index >= 15 is 0 Å². The zero-order valence-electron chi connectivity index (χ0n) is 26.5. The number of nitrogens with zero attached hydrogens (tertiary/aromatic N) is 1. The van der Waals surface area contributed by atoms with Crippen LogP contribution in [0.4, 0.5) is 4.79 Å². The number of hydrogen-bond acceptors (Lipinski definition) is 8. The van der Waals surface area contributed by atoms with Crippen molar-refractivity contribution in [1.82, 2.24) is 4.90 Å². The molecule has 1 aliphatic carbocycles. The van der Waals surface area contributed by atoms with Crippen molar-refractivity contribution >= 4 is 33.5 Å². The smallest absolute Gasteiger partial charge is 0.410 e. The summed E-state index contributed by atoms with van der Waals surface area (Å²) < 4.78 is 43.1. The molecule has 11 heteroatoms. The van der Waals surface area contributed by atoms with Crippen LogP contribution in [0.25, 0.3) is 0 Å². The molecule has 3 aromatic carbocycles. The van der Waals surface area contributed by atoms with Crippen LogP contribution in [-0.4, -0.2) is 61.9 Å². The molecule has 1 atom stereocenters. The molecule has 0 heterocycles. The summed E-state index contributed by atoms with van der Waals surface area (Å²) >= 11 is 6.08. The van der Waals surface area contributed by atoms with Crippen molar-refractivity contribution in [3.63, 3.8) is 0 Å². The van der Waals surface area contributed by atoms with Crippen molar-refractivity contribution in [1.29, 1.82) is 0 Å². The Morgan fingerprint density at radius 1 is 0.957 bits per heavy atom. The van der Waals surface area contributed by atoms with E-state index in [-0.39, 0.29) is 35.6 Å². The van der Waals surface area contributed by atoms with Gasteiger partial charge < -0.3 is 24.2 Å². The summed E-state index contributed by atoms with van der Waals surface area (Å²) in [5, 5.41) is 11.3. The first-order chi connectivity index (χ1) is 21.8. The van der Waals surface area contributed by atoms with Gasteiger partial charge in [0.25, 0.3) is 0 Å². The van der Waals surface area contributed by atoms with Gasteiger partial charge in [-0.2, -0.15) is 0 Å². The van der Waals surface area contributed by atoms with E-state index in [2.05, 4.69) is 0 Å². The average Bonchev–Trinajstić information content (AvgIpc) is 3.02. The lowest BCUT2D eigenvalue weighted by Crippen LogP contribution is -2.40. The topological polar surface area (TPSA) is 119 Å². The highest BCUT2D eigenvalue weighted by Gasteiger charge is 2.25. The number of hydrogen-bond donors (Lipinski definition) is 1. The molecule has 9 nitrogen and oxygen atoms in total. The van der Waals surface area contributed by atoms with E-state index in [1.165, 1.54) is 41.3 Å². The molecule has 4 rings (SSSR count). The number of carbonyl (C=O) groups excluding carboxylic acids is 2. The number of rotatable bonds is 12. The van der Waals surface area contributed by atoms with Gasteiger partial charge >= 0.3 is 12.1 Å². The molecular weight excluding hydrogens is 630 g/mol. The lowest BCUT2D eigenvalue weighted by molar-refractivity contribution is -0.152. The van der Waals surface area contributed by atoms with Crippen LogP contribution in [0.1, 0.15) is 70.1 Å². The van der Waals surface area contributed by atoms with E-state index in [0.29, 0.717) is 22.8 Å². The molecule has 0 aromatic heterocycles. The fraction of sp³-hybridized carbons (Fsp3) is 0.429. The van der Waals surface area contributed by atoms with Crippen molar-refractivity contribution < 1.29 is 37.3 Å². The maximum absolute atomic E-state index is 13.3. The van der Waals surface area contributed by atoms with Gasteiger partial charge in [-0.25, -0.2) is 18.0 Å². The molecule has 1 unspecified atom stereocenters. The fourth-order valence-corrected chi connectivity index (χ4v) is 6.57. The Morgan fingerprint density at radius 2 is 1.59 bits per heavy atom. The van der Waals surface area contributed by atoms with Crippen molar-refractivity contribution in [2.24, 2.45) is 0 Å².